The van der Waals surface area contributed by atoms with Crippen molar-refractivity contribution in [2.45, 2.75) is 52.1 Å². The Balaban J connectivity index is 2.09. The maximum absolute atomic E-state index is 12.3. The van der Waals surface area contributed by atoms with Crippen LogP contribution in [0, 0.1) is 6.92 Å². The van der Waals surface area contributed by atoms with E-state index >= 15 is 0 Å². The van der Waals surface area contributed by atoms with Crippen LogP contribution in [-0.2, 0) is 6.42 Å². The van der Waals surface area contributed by atoms with Gasteiger partial charge in [0.1, 0.15) is 11.3 Å². The molecule has 0 aromatic carbocycles. The first-order valence-corrected chi connectivity index (χ1v) is 6.62. The lowest BCUT2D eigenvalue weighted by molar-refractivity contribution is 0.0917. The molecule has 100 valence electrons. The van der Waals surface area contributed by atoms with E-state index in [1.807, 2.05) is 6.92 Å². The fraction of sp³-hybridized carbons (Fsp3) is 0.692. The summed E-state index contributed by atoms with van der Waals surface area (Å²) >= 11 is 0. The van der Waals surface area contributed by atoms with Crippen LogP contribution in [-0.4, -0.2) is 29.7 Å². The second kappa shape index (κ2) is 5.52. The molecular weight excluding hydrogens is 230 g/mol. The van der Waals surface area contributed by atoms with E-state index in [-0.39, 0.29) is 11.9 Å². The van der Waals surface area contributed by atoms with Crippen LogP contribution in [0.1, 0.15) is 48.5 Å². The van der Waals surface area contributed by atoms with Crippen LogP contribution in [0.3, 0.4) is 0 Å². The van der Waals surface area contributed by atoms with Gasteiger partial charge in [-0.15, -0.1) is 0 Å². The van der Waals surface area contributed by atoms with Crippen LogP contribution >= 0.6 is 0 Å². The van der Waals surface area contributed by atoms with Gasteiger partial charge < -0.3 is 15.2 Å². The minimum Gasteiger partial charge on any atom is -0.360 e. The van der Waals surface area contributed by atoms with Gasteiger partial charge in [0, 0.05) is 18.5 Å². The van der Waals surface area contributed by atoms with Gasteiger partial charge in [-0.2, -0.15) is 0 Å². The zero-order chi connectivity index (χ0) is 13.1. The Morgan fingerprint density at radius 3 is 3.06 bits per heavy atom. The zero-order valence-corrected chi connectivity index (χ0v) is 11.2. The Hall–Kier alpha value is -1.36. The molecule has 1 amide bonds. The average Bonchev–Trinajstić information content (AvgIpc) is 2.73. The highest BCUT2D eigenvalue weighted by Crippen LogP contribution is 2.16. The summed E-state index contributed by atoms with van der Waals surface area (Å²) in [7, 11) is 0. The fourth-order valence-corrected chi connectivity index (χ4v) is 2.43. The van der Waals surface area contributed by atoms with Crippen LogP contribution in [0.5, 0.6) is 0 Å². The number of hydrogen-bond donors (Lipinski definition) is 2. The maximum atomic E-state index is 12.3. The number of rotatable bonds is 3. The molecule has 0 spiro atoms. The van der Waals surface area contributed by atoms with Gasteiger partial charge in [0.05, 0.1) is 5.69 Å². The van der Waals surface area contributed by atoms with Crippen molar-refractivity contribution in [1.82, 2.24) is 15.8 Å². The molecule has 0 bridgehead atoms. The molecule has 0 saturated carbocycles. The van der Waals surface area contributed by atoms with Crippen molar-refractivity contribution in [2.75, 3.05) is 6.54 Å². The van der Waals surface area contributed by atoms with Gasteiger partial charge in [0.15, 0.2) is 0 Å². The summed E-state index contributed by atoms with van der Waals surface area (Å²) in [5.41, 5.74) is 1.27. The predicted molar refractivity (Wildman–Crippen MR) is 68.6 cm³/mol. The van der Waals surface area contributed by atoms with Crippen LogP contribution in [0.25, 0.3) is 0 Å². The van der Waals surface area contributed by atoms with Crippen LogP contribution in [0.4, 0.5) is 0 Å². The van der Waals surface area contributed by atoms with Gasteiger partial charge >= 0.3 is 0 Å². The molecule has 18 heavy (non-hydrogen) atoms. The Labute approximate surface area is 107 Å². The minimum absolute atomic E-state index is 0.0638. The van der Waals surface area contributed by atoms with E-state index in [1.54, 1.807) is 6.92 Å². The smallest absolute Gasteiger partial charge is 0.257 e. The standard InChI is InChI=1S/C13H21N3O2/c1-4-11-12(9(3)16-18-11)13(17)15-10-6-5-7-14-8(10)2/h8,10,14H,4-7H2,1-3H3,(H,15,17). The van der Waals surface area contributed by atoms with Gasteiger partial charge in [0.2, 0.25) is 0 Å². The van der Waals surface area contributed by atoms with Gasteiger partial charge in [-0.25, -0.2) is 0 Å². The molecule has 1 aromatic rings. The third-order valence-electron chi connectivity index (χ3n) is 3.56. The maximum Gasteiger partial charge on any atom is 0.257 e. The zero-order valence-electron chi connectivity index (χ0n) is 11.2. The van der Waals surface area contributed by atoms with Gasteiger partial charge in [0.25, 0.3) is 5.91 Å². The summed E-state index contributed by atoms with van der Waals surface area (Å²) in [4.78, 5) is 12.3. The molecule has 2 heterocycles. The highest BCUT2D eigenvalue weighted by Gasteiger charge is 2.26. The molecule has 1 aliphatic rings. The van der Waals surface area contributed by atoms with Gasteiger partial charge in [-0.1, -0.05) is 12.1 Å². The van der Waals surface area contributed by atoms with Crippen molar-refractivity contribution in [3.63, 3.8) is 0 Å². The summed E-state index contributed by atoms with van der Waals surface area (Å²) in [5.74, 6) is 0.604. The van der Waals surface area contributed by atoms with E-state index in [4.69, 9.17) is 4.52 Å². The molecule has 2 N–H and O–H groups in total. The number of nitrogens with one attached hydrogen (secondary N) is 2. The Morgan fingerprint density at radius 2 is 2.39 bits per heavy atom. The van der Waals surface area contributed by atoms with Crippen molar-refractivity contribution in [3.05, 3.63) is 17.0 Å². The van der Waals surface area contributed by atoms with Crippen LogP contribution < -0.4 is 10.6 Å². The fourth-order valence-electron chi connectivity index (χ4n) is 2.43. The second-order valence-corrected chi connectivity index (χ2v) is 4.88. The molecule has 2 rings (SSSR count). The average molecular weight is 251 g/mol. The highest BCUT2D eigenvalue weighted by atomic mass is 16.5. The third-order valence-corrected chi connectivity index (χ3v) is 3.56. The number of carbonyl (C=O) groups excluding carboxylic acids is 1. The predicted octanol–water partition coefficient (Wildman–Crippen LogP) is 1.42. The Bertz CT molecular complexity index is 428. The molecule has 1 saturated heterocycles. The Kier molecular flexibility index (Phi) is 4.01. The summed E-state index contributed by atoms with van der Waals surface area (Å²) in [5, 5.41) is 10.3. The normalized spacial score (nSPS) is 23.9. The molecule has 1 aliphatic heterocycles. The van der Waals surface area contributed by atoms with Crippen LogP contribution in [0.15, 0.2) is 4.52 Å². The lowest BCUT2D eigenvalue weighted by atomic mass is 9.99. The molecule has 0 radical (unpaired) electrons. The first kappa shape index (κ1) is 13.1. The van der Waals surface area contributed by atoms with Gasteiger partial charge in [-0.3, -0.25) is 4.79 Å². The number of amides is 1. The molecule has 1 aromatic heterocycles. The largest absolute Gasteiger partial charge is 0.360 e. The number of carbonyl (C=O) groups is 1. The quantitative estimate of drug-likeness (QED) is 0.852. The number of aryl methyl sites for hydroxylation is 2. The number of piperidine rings is 1. The van der Waals surface area contributed by atoms with E-state index in [0.717, 1.165) is 19.4 Å². The van der Waals surface area contributed by atoms with Crippen molar-refractivity contribution in [1.29, 1.82) is 0 Å². The topological polar surface area (TPSA) is 67.2 Å². The van der Waals surface area contributed by atoms with Crippen molar-refractivity contribution in [3.8, 4) is 0 Å². The molecular formula is C13H21N3O2. The third kappa shape index (κ3) is 2.56. The first-order chi connectivity index (χ1) is 8.63. The summed E-state index contributed by atoms with van der Waals surface area (Å²) in [6.45, 7) is 6.90. The lowest BCUT2D eigenvalue weighted by Gasteiger charge is -2.30. The van der Waals surface area contributed by atoms with Crippen molar-refractivity contribution >= 4 is 5.91 Å². The monoisotopic (exact) mass is 251 g/mol. The van der Waals surface area contributed by atoms with E-state index in [0.29, 0.717) is 29.5 Å². The molecule has 5 nitrogen and oxygen atoms in total. The molecule has 2 atom stereocenters. The summed E-state index contributed by atoms with van der Waals surface area (Å²) < 4.78 is 5.16. The van der Waals surface area contributed by atoms with E-state index in [2.05, 4.69) is 22.7 Å². The number of nitrogens with zero attached hydrogens (tertiary/aromatic N) is 1. The van der Waals surface area contributed by atoms with Crippen LogP contribution in [0.2, 0.25) is 0 Å². The minimum atomic E-state index is -0.0638. The van der Waals surface area contributed by atoms with Crippen molar-refractivity contribution in [2.24, 2.45) is 0 Å². The first-order valence-electron chi connectivity index (χ1n) is 6.62. The van der Waals surface area contributed by atoms with E-state index in [1.165, 1.54) is 0 Å². The lowest BCUT2D eigenvalue weighted by Crippen LogP contribution is -2.52. The summed E-state index contributed by atoms with van der Waals surface area (Å²) in [6, 6.07) is 0.498. The van der Waals surface area contributed by atoms with Crippen molar-refractivity contribution < 1.29 is 9.32 Å². The molecule has 0 aliphatic carbocycles. The number of hydrogen-bond acceptors (Lipinski definition) is 4. The number of aromatic nitrogens is 1. The van der Waals surface area contributed by atoms with E-state index < -0.39 is 0 Å². The van der Waals surface area contributed by atoms with E-state index in [9.17, 15) is 4.79 Å². The SMILES string of the molecule is CCc1onc(C)c1C(=O)NC1CCCNC1C. The summed E-state index contributed by atoms with van der Waals surface area (Å²) in [6.07, 6.45) is 2.80. The second-order valence-electron chi connectivity index (χ2n) is 4.88. The van der Waals surface area contributed by atoms with Gasteiger partial charge in [-0.05, 0) is 33.2 Å². The molecule has 5 heteroatoms. The Morgan fingerprint density at radius 1 is 1.61 bits per heavy atom. The molecule has 2 unspecified atom stereocenters. The molecule has 1 fully saturated rings. The highest BCUT2D eigenvalue weighted by molar-refractivity contribution is 5.96.